The molecule has 0 amide bonds. The van der Waals surface area contributed by atoms with Gasteiger partial charge in [-0.3, -0.25) is 4.79 Å². The third kappa shape index (κ3) is 2.91. The highest BCUT2D eigenvalue weighted by atomic mass is 35.6. The van der Waals surface area contributed by atoms with E-state index in [9.17, 15) is 9.59 Å². The highest BCUT2D eigenvalue weighted by Gasteiger charge is 2.39. The number of nitrogens with zero attached hydrogens (tertiary/aromatic N) is 1. The predicted octanol–water partition coefficient (Wildman–Crippen LogP) is 3.41. The van der Waals surface area contributed by atoms with E-state index in [2.05, 4.69) is 6.92 Å². The molecule has 0 radical (unpaired) electrons. The van der Waals surface area contributed by atoms with Gasteiger partial charge >= 0.3 is 5.97 Å². The van der Waals surface area contributed by atoms with Gasteiger partial charge in [-0.2, -0.15) is 0 Å². The number of hydrogen-bond donors (Lipinski definition) is 0. The third-order valence-electron chi connectivity index (χ3n) is 3.19. The molecule has 0 N–H and O–H groups in total. The fourth-order valence-electron chi connectivity index (χ4n) is 2.00. The summed E-state index contributed by atoms with van der Waals surface area (Å²) in [5, 5.41) is 0. The van der Waals surface area contributed by atoms with Gasteiger partial charge in [0.15, 0.2) is 0 Å². The number of hydrogen-bond acceptors (Lipinski definition) is 3. The Morgan fingerprint density at radius 3 is 2.42 bits per heavy atom. The number of alkyl halides is 3. The number of methoxy groups -OCH3 is 1. The Labute approximate surface area is 125 Å². The number of ketones is 1. The molecule has 1 fully saturated rings. The number of carbonyl (C=O) groups is 2. The minimum Gasteiger partial charge on any atom is -0.464 e. The summed E-state index contributed by atoms with van der Waals surface area (Å²) in [6, 6.07) is 1.59. The molecule has 19 heavy (non-hydrogen) atoms. The van der Waals surface area contributed by atoms with Crippen molar-refractivity contribution < 1.29 is 14.3 Å². The Kier molecular flexibility index (Phi) is 3.87. The minimum absolute atomic E-state index is 0.186. The van der Waals surface area contributed by atoms with Crippen LogP contribution in [0.25, 0.3) is 0 Å². The SMILES string of the molecule is COC(=O)c1cc(C(=O)C(Cl)(Cl)Cl)cn1C1CC1C. The first-order chi connectivity index (χ1) is 8.75. The van der Waals surface area contributed by atoms with Gasteiger partial charge < -0.3 is 9.30 Å². The summed E-state index contributed by atoms with van der Waals surface area (Å²) in [5.74, 6) is -0.719. The molecule has 0 spiro atoms. The molecule has 2 unspecified atom stereocenters. The zero-order valence-corrected chi connectivity index (χ0v) is 12.6. The van der Waals surface area contributed by atoms with E-state index in [1.54, 1.807) is 10.8 Å². The standard InChI is InChI=1S/C12H12Cl3NO3/c1-6-3-8(6)16-5-7(10(17)12(13,14)15)4-9(16)11(18)19-2/h4-6,8H,3H2,1-2H3. The Morgan fingerprint density at radius 2 is 2.00 bits per heavy atom. The van der Waals surface area contributed by atoms with Crippen LogP contribution in [0.2, 0.25) is 0 Å². The molecule has 104 valence electrons. The van der Waals surface area contributed by atoms with Crippen molar-refractivity contribution in [2.24, 2.45) is 5.92 Å². The maximum Gasteiger partial charge on any atom is 0.354 e. The summed E-state index contributed by atoms with van der Waals surface area (Å²) < 4.78 is 4.39. The smallest absolute Gasteiger partial charge is 0.354 e. The molecule has 0 bridgehead atoms. The normalized spacial score (nSPS) is 22.2. The average molecular weight is 325 g/mol. The summed E-state index contributed by atoms with van der Waals surface area (Å²) in [4.78, 5) is 23.6. The van der Waals surface area contributed by atoms with Gasteiger partial charge in [-0.05, 0) is 18.4 Å². The molecule has 0 aromatic carbocycles. The second-order valence-corrected chi connectivity index (χ2v) is 6.90. The van der Waals surface area contributed by atoms with Crippen LogP contribution in [0.15, 0.2) is 12.3 Å². The predicted molar refractivity (Wildman–Crippen MR) is 73.2 cm³/mol. The zero-order valence-electron chi connectivity index (χ0n) is 10.3. The van der Waals surface area contributed by atoms with Crippen LogP contribution in [0.1, 0.15) is 40.2 Å². The molecule has 2 rings (SSSR count). The van der Waals surface area contributed by atoms with Crippen LogP contribution in [-0.2, 0) is 4.74 Å². The lowest BCUT2D eigenvalue weighted by Crippen LogP contribution is -2.18. The largest absolute Gasteiger partial charge is 0.464 e. The summed E-state index contributed by atoms with van der Waals surface area (Å²) in [7, 11) is 1.28. The summed E-state index contributed by atoms with van der Waals surface area (Å²) in [6.07, 6.45) is 2.49. The molecule has 1 aliphatic carbocycles. The summed E-state index contributed by atoms with van der Waals surface area (Å²) in [5.41, 5.74) is 0.494. The van der Waals surface area contributed by atoms with E-state index in [0.717, 1.165) is 6.42 Å². The third-order valence-corrected chi connectivity index (χ3v) is 3.70. The van der Waals surface area contributed by atoms with Crippen LogP contribution in [0.3, 0.4) is 0 Å². The quantitative estimate of drug-likeness (QED) is 0.486. The van der Waals surface area contributed by atoms with E-state index in [4.69, 9.17) is 39.5 Å². The Morgan fingerprint density at radius 1 is 1.42 bits per heavy atom. The highest BCUT2D eigenvalue weighted by molar-refractivity contribution is 6.77. The van der Waals surface area contributed by atoms with Crippen LogP contribution in [0.4, 0.5) is 0 Å². The van der Waals surface area contributed by atoms with Crippen LogP contribution >= 0.6 is 34.8 Å². The van der Waals surface area contributed by atoms with Crippen molar-refractivity contribution in [3.8, 4) is 0 Å². The average Bonchev–Trinajstić information content (AvgIpc) is 2.90. The maximum absolute atomic E-state index is 11.9. The van der Waals surface area contributed by atoms with Crippen LogP contribution in [-0.4, -0.2) is 27.2 Å². The van der Waals surface area contributed by atoms with E-state index >= 15 is 0 Å². The van der Waals surface area contributed by atoms with Crippen molar-refractivity contribution in [1.29, 1.82) is 0 Å². The topological polar surface area (TPSA) is 48.3 Å². The van der Waals surface area contributed by atoms with Crippen molar-refractivity contribution in [1.82, 2.24) is 4.57 Å². The number of Topliss-reactive ketones (excluding diaryl/α,β-unsaturated/α-hetero) is 1. The maximum atomic E-state index is 11.9. The molecule has 0 aliphatic heterocycles. The van der Waals surface area contributed by atoms with Gasteiger partial charge in [-0.15, -0.1) is 0 Å². The zero-order chi connectivity index (χ0) is 14.4. The van der Waals surface area contributed by atoms with Crippen LogP contribution < -0.4 is 0 Å². The number of carbonyl (C=O) groups excluding carboxylic acids is 2. The molecule has 0 saturated heterocycles. The number of halogens is 3. The molecule has 1 heterocycles. The van der Waals surface area contributed by atoms with E-state index in [1.807, 2.05) is 0 Å². The number of aromatic nitrogens is 1. The van der Waals surface area contributed by atoms with Gasteiger partial charge in [-0.25, -0.2) is 4.79 Å². The molecule has 1 saturated carbocycles. The Balaban J connectivity index is 2.40. The number of ether oxygens (including phenoxy) is 1. The first-order valence-electron chi connectivity index (χ1n) is 5.67. The summed E-state index contributed by atoms with van der Waals surface area (Å²) in [6.45, 7) is 2.06. The second-order valence-electron chi connectivity index (χ2n) is 4.62. The van der Waals surface area contributed by atoms with Crippen molar-refractivity contribution in [3.63, 3.8) is 0 Å². The number of esters is 1. The lowest BCUT2D eigenvalue weighted by Gasteiger charge is -2.07. The Bertz CT molecular complexity index is 533. The van der Waals surface area contributed by atoms with Gasteiger partial charge in [0, 0.05) is 17.8 Å². The fraction of sp³-hybridized carbons (Fsp3) is 0.500. The van der Waals surface area contributed by atoms with Crippen molar-refractivity contribution in [2.75, 3.05) is 7.11 Å². The van der Waals surface area contributed by atoms with Gasteiger partial charge in [-0.1, -0.05) is 41.7 Å². The molecule has 1 aromatic heterocycles. The van der Waals surface area contributed by atoms with Crippen molar-refractivity contribution in [2.45, 2.75) is 23.2 Å². The molecule has 4 nitrogen and oxygen atoms in total. The van der Waals surface area contributed by atoms with Gasteiger partial charge in [0.2, 0.25) is 5.78 Å². The fourth-order valence-corrected chi connectivity index (χ4v) is 2.33. The first kappa shape index (κ1) is 14.7. The van der Waals surface area contributed by atoms with Crippen LogP contribution in [0.5, 0.6) is 0 Å². The molecule has 1 aliphatic rings. The second kappa shape index (κ2) is 5.00. The lowest BCUT2D eigenvalue weighted by atomic mass is 10.2. The molecular formula is C12H12Cl3NO3. The first-order valence-corrected chi connectivity index (χ1v) is 6.80. The highest BCUT2D eigenvalue weighted by Crippen LogP contribution is 2.44. The molecule has 1 aromatic rings. The summed E-state index contributed by atoms with van der Waals surface area (Å²) >= 11 is 16.7. The molecule has 2 atom stereocenters. The van der Waals surface area contributed by atoms with Gasteiger partial charge in [0.25, 0.3) is 3.79 Å². The van der Waals surface area contributed by atoms with E-state index < -0.39 is 15.5 Å². The van der Waals surface area contributed by atoms with Crippen molar-refractivity contribution in [3.05, 3.63) is 23.5 Å². The molecule has 7 heteroatoms. The number of rotatable bonds is 3. The lowest BCUT2D eigenvalue weighted by molar-refractivity contribution is 0.0588. The van der Waals surface area contributed by atoms with E-state index in [-0.39, 0.29) is 11.6 Å². The van der Waals surface area contributed by atoms with Crippen LogP contribution in [0, 0.1) is 5.92 Å². The van der Waals surface area contributed by atoms with Crippen molar-refractivity contribution >= 4 is 46.6 Å². The van der Waals surface area contributed by atoms with Gasteiger partial charge in [0.05, 0.1) is 7.11 Å². The molecular weight excluding hydrogens is 312 g/mol. The minimum atomic E-state index is -2.03. The van der Waals surface area contributed by atoms with E-state index in [0.29, 0.717) is 11.6 Å². The Hall–Kier alpha value is -0.710. The van der Waals surface area contributed by atoms with E-state index in [1.165, 1.54) is 13.2 Å². The van der Waals surface area contributed by atoms with Gasteiger partial charge in [0.1, 0.15) is 5.69 Å². The monoisotopic (exact) mass is 323 g/mol.